The van der Waals surface area contributed by atoms with Crippen molar-refractivity contribution in [2.24, 2.45) is 5.92 Å². The zero-order valence-corrected chi connectivity index (χ0v) is 9.87. The molecule has 1 N–H and O–H groups in total. The molecule has 0 saturated heterocycles. The summed E-state index contributed by atoms with van der Waals surface area (Å²) >= 11 is 0. The fourth-order valence-electron chi connectivity index (χ4n) is 1.63. The molecule has 0 spiro atoms. The van der Waals surface area contributed by atoms with E-state index in [9.17, 15) is 9.59 Å². The largest absolute Gasteiger partial charge is 0.481 e. The number of carboxylic acids is 1. The molecular formula is C13H17NO3. The van der Waals surface area contributed by atoms with Crippen LogP contribution in [0.15, 0.2) is 30.3 Å². The second kappa shape index (κ2) is 6.68. The lowest BCUT2D eigenvalue weighted by Crippen LogP contribution is -2.31. The second-order valence-electron chi connectivity index (χ2n) is 3.96. The van der Waals surface area contributed by atoms with E-state index in [1.807, 2.05) is 37.3 Å². The number of carboxylic acid groups (broad SMARTS) is 1. The molecule has 4 heteroatoms. The molecule has 1 aromatic carbocycles. The van der Waals surface area contributed by atoms with E-state index < -0.39 is 11.9 Å². The number of rotatable bonds is 7. The van der Waals surface area contributed by atoms with E-state index in [0.717, 1.165) is 5.56 Å². The van der Waals surface area contributed by atoms with Crippen molar-refractivity contribution in [3.8, 4) is 0 Å². The highest BCUT2D eigenvalue weighted by molar-refractivity contribution is 5.70. The lowest BCUT2D eigenvalue weighted by atomic mass is 10.1. The maximum absolute atomic E-state index is 10.9. The van der Waals surface area contributed by atoms with Crippen LogP contribution in [0.3, 0.4) is 0 Å². The Morgan fingerprint density at radius 3 is 2.53 bits per heavy atom. The Hall–Kier alpha value is -1.84. The Bertz CT molecular complexity index is 364. The summed E-state index contributed by atoms with van der Waals surface area (Å²) in [5.74, 6) is -1.35. The van der Waals surface area contributed by atoms with Crippen molar-refractivity contribution >= 4 is 12.4 Å². The van der Waals surface area contributed by atoms with Gasteiger partial charge in [0.25, 0.3) is 0 Å². The Kier molecular flexibility index (Phi) is 5.20. The highest BCUT2D eigenvalue weighted by Gasteiger charge is 2.18. The lowest BCUT2D eigenvalue weighted by molar-refractivity contribution is -0.142. The van der Waals surface area contributed by atoms with Crippen molar-refractivity contribution < 1.29 is 14.7 Å². The number of amides is 1. The van der Waals surface area contributed by atoms with Gasteiger partial charge in [0, 0.05) is 13.1 Å². The topological polar surface area (TPSA) is 57.6 Å². The van der Waals surface area contributed by atoms with Crippen LogP contribution in [0.5, 0.6) is 0 Å². The number of carbonyl (C=O) groups is 2. The molecule has 4 nitrogen and oxygen atoms in total. The minimum atomic E-state index is -0.854. The van der Waals surface area contributed by atoms with Crippen molar-refractivity contribution in [1.82, 2.24) is 4.90 Å². The number of hydrogen-bond donors (Lipinski definition) is 1. The van der Waals surface area contributed by atoms with E-state index in [4.69, 9.17) is 5.11 Å². The third-order valence-corrected chi connectivity index (χ3v) is 2.67. The van der Waals surface area contributed by atoms with Crippen LogP contribution < -0.4 is 0 Å². The SMILES string of the molecule is CCC(CN(C=O)Cc1ccccc1)C(=O)O. The molecule has 1 atom stereocenters. The average Bonchev–Trinajstić information content (AvgIpc) is 2.35. The molecule has 0 fully saturated rings. The Labute approximate surface area is 101 Å². The van der Waals surface area contributed by atoms with Crippen LogP contribution in [0.1, 0.15) is 18.9 Å². The van der Waals surface area contributed by atoms with E-state index in [2.05, 4.69) is 0 Å². The number of hydrogen-bond acceptors (Lipinski definition) is 2. The minimum absolute atomic E-state index is 0.254. The predicted octanol–water partition coefficient (Wildman–Crippen LogP) is 1.76. The Morgan fingerprint density at radius 2 is 2.06 bits per heavy atom. The third-order valence-electron chi connectivity index (χ3n) is 2.67. The second-order valence-corrected chi connectivity index (χ2v) is 3.96. The minimum Gasteiger partial charge on any atom is -0.481 e. The molecule has 17 heavy (non-hydrogen) atoms. The van der Waals surface area contributed by atoms with Gasteiger partial charge in [-0.15, -0.1) is 0 Å². The van der Waals surface area contributed by atoms with Gasteiger partial charge in [-0.1, -0.05) is 37.3 Å². The van der Waals surface area contributed by atoms with Crippen LogP contribution in [-0.2, 0) is 16.1 Å². The number of nitrogens with zero attached hydrogens (tertiary/aromatic N) is 1. The van der Waals surface area contributed by atoms with Gasteiger partial charge in [0.2, 0.25) is 6.41 Å². The summed E-state index contributed by atoms with van der Waals surface area (Å²) in [5.41, 5.74) is 1.000. The number of carbonyl (C=O) groups excluding carboxylic acids is 1. The fourth-order valence-corrected chi connectivity index (χ4v) is 1.63. The van der Waals surface area contributed by atoms with Gasteiger partial charge in [0.05, 0.1) is 5.92 Å². The van der Waals surface area contributed by atoms with E-state index in [1.54, 1.807) is 0 Å². The van der Waals surface area contributed by atoms with Gasteiger partial charge in [-0.05, 0) is 12.0 Å². The lowest BCUT2D eigenvalue weighted by Gasteiger charge is -2.21. The van der Waals surface area contributed by atoms with Crippen LogP contribution in [-0.4, -0.2) is 28.9 Å². The molecule has 0 aromatic heterocycles. The van der Waals surface area contributed by atoms with Crippen molar-refractivity contribution in [2.75, 3.05) is 6.54 Å². The molecule has 92 valence electrons. The molecule has 0 aliphatic heterocycles. The maximum atomic E-state index is 10.9. The normalized spacial score (nSPS) is 11.8. The van der Waals surface area contributed by atoms with Crippen LogP contribution >= 0.6 is 0 Å². The summed E-state index contributed by atoms with van der Waals surface area (Å²) in [7, 11) is 0. The van der Waals surface area contributed by atoms with Crippen molar-refractivity contribution in [3.63, 3.8) is 0 Å². The van der Waals surface area contributed by atoms with Gasteiger partial charge in [0.1, 0.15) is 0 Å². The van der Waals surface area contributed by atoms with Gasteiger partial charge in [-0.3, -0.25) is 9.59 Å². The molecule has 0 radical (unpaired) electrons. The van der Waals surface area contributed by atoms with Crippen molar-refractivity contribution in [3.05, 3.63) is 35.9 Å². The predicted molar refractivity (Wildman–Crippen MR) is 64.3 cm³/mol. The Balaban J connectivity index is 2.60. The number of aliphatic carboxylic acids is 1. The average molecular weight is 235 g/mol. The van der Waals surface area contributed by atoms with E-state index >= 15 is 0 Å². The molecule has 1 aromatic rings. The van der Waals surface area contributed by atoms with Gasteiger partial charge in [-0.25, -0.2) is 0 Å². The fraction of sp³-hybridized carbons (Fsp3) is 0.385. The summed E-state index contributed by atoms with van der Waals surface area (Å²) in [5, 5.41) is 8.94. The van der Waals surface area contributed by atoms with E-state index in [0.29, 0.717) is 19.4 Å². The van der Waals surface area contributed by atoms with Gasteiger partial charge >= 0.3 is 5.97 Å². The van der Waals surface area contributed by atoms with Gasteiger partial charge in [-0.2, -0.15) is 0 Å². The molecule has 1 amide bonds. The number of benzene rings is 1. The summed E-state index contributed by atoms with van der Waals surface area (Å²) < 4.78 is 0. The summed E-state index contributed by atoms with van der Waals surface area (Å²) in [6.45, 7) is 2.52. The quantitative estimate of drug-likeness (QED) is 0.732. The summed E-state index contributed by atoms with van der Waals surface area (Å²) in [6, 6.07) is 9.52. The van der Waals surface area contributed by atoms with Gasteiger partial charge < -0.3 is 10.0 Å². The van der Waals surface area contributed by atoms with Crippen molar-refractivity contribution in [2.45, 2.75) is 19.9 Å². The molecule has 0 bridgehead atoms. The first-order valence-corrected chi connectivity index (χ1v) is 5.63. The molecular weight excluding hydrogens is 218 g/mol. The van der Waals surface area contributed by atoms with Crippen LogP contribution in [0.2, 0.25) is 0 Å². The van der Waals surface area contributed by atoms with Crippen LogP contribution in [0.25, 0.3) is 0 Å². The highest BCUT2D eigenvalue weighted by atomic mass is 16.4. The molecule has 1 unspecified atom stereocenters. The third kappa shape index (κ3) is 4.26. The summed E-state index contributed by atoms with van der Waals surface area (Å²) in [6.07, 6.45) is 1.23. The highest BCUT2D eigenvalue weighted by Crippen LogP contribution is 2.08. The first-order valence-electron chi connectivity index (χ1n) is 5.63. The van der Waals surface area contributed by atoms with Gasteiger partial charge in [0.15, 0.2) is 0 Å². The van der Waals surface area contributed by atoms with Crippen LogP contribution in [0.4, 0.5) is 0 Å². The molecule has 0 heterocycles. The zero-order valence-electron chi connectivity index (χ0n) is 9.87. The van der Waals surface area contributed by atoms with Crippen LogP contribution in [0, 0.1) is 5.92 Å². The molecule has 1 rings (SSSR count). The standard InChI is InChI=1S/C13H17NO3/c1-2-12(13(16)17)9-14(10-15)8-11-6-4-3-5-7-11/h3-7,10,12H,2,8-9H2,1H3,(H,16,17). The first-order chi connectivity index (χ1) is 8.17. The molecule has 0 aliphatic carbocycles. The monoisotopic (exact) mass is 235 g/mol. The van der Waals surface area contributed by atoms with E-state index in [-0.39, 0.29) is 6.54 Å². The Morgan fingerprint density at radius 1 is 1.41 bits per heavy atom. The zero-order chi connectivity index (χ0) is 12.7. The molecule has 0 aliphatic rings. The van der Waals surface area contributed by atoms with Crippen molar-refractivity contribution in [1.29, 1.82) is 0 Å². The smallest absolute Gasteiger partial charge is 0.308 e. The first kappa shape index (κ1) is 13.2. The van der Waals surface area contributed by atoms with E-state index in [1.165, 1.54) is 4.90 Å². The summed E-state index contributed by atoms with van der Waals surface area (Å²) in [4.78, 5) is 23.3. The maximum Gasteiger partial charge on any atom is 0.308 e. The molecule has 0 saturated carbocycles.